The Morgan fingerprint density at radius 2 is 1.86 bits per heavy atom. The number of ketones is 1. The number of rotatable bonds is 7. The molecule has 1 atom stereocenters. The first-order valence-electron chi connectivity index (χ1n) is 9.28. The van der Waals surface area contributed by atoms with Gasteiger partial charge in [-0.3, -0.25) is 9.59 Å². The van der Waals surface area contributed by atoms with Crippen molar-refractivity contribution in [3.63, 3.8) is 0 Å². The number of aliphatic hydroxyl groups excluding tert-OH is 1. The highest BCUT2D eigenvalue weighted by atomic mass is 79.9. The number of hydrogen-bond acceptors (Lipinski definition) is 5. The van der Waals surface area contributed by atoms with E-state index in [2.05, 4.69) is 34.7 Å². The minimum Gasteiger partial charge on any atom is -0.507 e. The zero-order valence-corrected chi connectivity index (χ0v) is 18.3. The summed E-state index contributed by atoms with van der Waals surface area (Å²) in [5, 5.41) is 12.8. The maximum atomic E-state index is 12.9. The highest BCUT2D eigenvalue weighted by Gasteiger charge is 2.46. The first-order chi connectivity index (χ1) is 13.5. The zero-order chi connectivity index (χ0) is 20.3. The number of aliphatic hydroxyl groups is 1. The molecular weight excluding hydrogens is 440 g/mol. The Morgan fingerprint density at radius 1 is 1.18 bits per heavy atom. The first-order valence-corrected chi connectivity index (χ1v) is 10.9. The van der Waals surface area contributed by atoms with E-state index in [1.165, 1.54) is 11.3 Å². The molecule has 148 valence electrons. The van der Waals surface area contributed by atoms with Crippen molar-refractivity contribution >= 4 is 44.7 Å². The number of benzene rings is 1. The molecule has 3 rings (SSSR count). The molecule has 0 spiro atoms. The van der Waals surface area contributed by atoms with Gasteiger partial charge in [0.2, 0.25) is 0 Å². The van der Waals surface area contributed by atoms with Crippen LogP contribution in [0.4, 0.5) is 0 Å². The SMILES string of the molecule is CCN(CC)CCN1C(=O)C(=O)/C(=C(\O)c2ccc(Br)cc2)C1c1cccs1. The second-order valence-electron chi connectivity index (χ2n) is 6.54. The topological polar surface area (TPSA) is 60.9 Å². The molecule has 0 aliphatic carbocycles. The molecule has 1 amide bonds. The molecule has 28 heavy (non-hydrogen) atoms. The molecule has 1 N–H and O–H groups in total. The summed E-state index contributed by atoms with van der Waals surface area (Å²) in [6, 6.07) is 10.3. The zero-order valence-electron chi connectivity index (χ0n) is 15.9. The van der Waals surface area contributed by atoms with Crippen molar-refractivity contribution in [1.82, 2.24) is 9.80 Å². The second-order valence-corrected chi connectivity index (χ2v) is 8.44. The fraction of sp³-hybridized carbons (Fsp3) is 0.333. The average molecular weight is 463 g/mol. The molecule has 2 heterocycles. The van der Waals surface area contributed by atoms with Gasteiger partial charge in [0, 0.05) is 28.0 Å². The number of nitrogens with zero attached hydrogens (tertiary/aromatic N) is 2. The van der Waals surface area contributed by atoms with Crippen LogP contribution >= 0.6 is 27.3 Å². The molecule has 5 nitrogen and oxygen atoms in total. The molecule has 0 saturated carbocycles. The maximum Gasteiger partial charge on any atom is 0.295 e. The van der Waals surface area contributed by atoms with Gasteiger partial charge in [0.05, 0.1) is 11.6 Å². The lowest BCUT2D eigenvalue weighted by Crippen LogP contribution is -2.37. The molecule has 7 heteroatoms. The Morgan fingerprint density at radius 3 is 2.43 bits per heavy atom. The van der Waals surface area contributed by atoms with Crippen LogP contribution in [0.1, 0.15) is 30.3 Å². The number of hydrogen-bond donors (Lipinski definition) is 1. The van der Waals surface area contributed by atoms with Crippen LogP contribution in [-0.4, -0.2) is 52.8 Å². The third-order valence-electron chi connectivity index (χ3n) is 5.02. The number of likely N-dealkylation sites (tertiary alicyclic amines) is 1. The van der Waals surface area contributed by atoms with E-state index in [-0.39, 0.29) is 11.3 Å². The van der Waals surface area contributed by atoms with Crippen molar-refractivity contribution in [3.05, 3.63) is 62.3 Å². The molecule has 1 aromatic heterocycles. The predicted octanol–water partition coefficient (Wildman–Crippen LogP) is 4.27. The summed E-state index contributed by atoms with van der Waals surface area (Å²) in [6.45, 7) is 7.02. The number of Topliss-reactive ketones (excluding diaryl/α,β-unsaturated/α-hetero) is 1. The standard InChI is InChI=1S/C21H23BrN2O3S/c1-3-23(4-2)11-12-24-18(16-6-5-13-28-16)17(20(26)21(24)27)19(25)14-7-9-15(22)10-8-14/h5-10,13,18,25H,3-4,11-12H2,1-2H3/b19-17-. The van der Waals surface area contributed by atoms with Crippen molar-refractivity contribution in [2.75, 3.05) is 26.2 Å². The van der Waals surface area contributed by atoms with Gasteiger partial charge in [-0.05, 0) is 36.7 Å². The third-order valence-corrected chi connectivity index (χ3v) is 6.48. The van der Waals surface area contributed by atoms with Gasteiger partial charge in [0.25, 0.3) is 11.7 Å². The van der Waals surface area contributed by atoms with E-state index in [0.717, 1.165) is 22.4 Å². The lowest BCUT2D eigenvalue weighted by atomic mass is 10.00. The Kier molecular flexibility index (Phi) is 6.69. The lowest BCUT2D eigenvalue weighted by Gasteiger charge is -2.27. The van der Waals surface area contributed by atoms with Gasteiger partial charge in [-0.1, -0.05) is 48.0 Å². The van der Waals surface area contributed by atoms with Crippen molar-refractivity contribution in [2.24, 2.45) is 0 Å². The Labute approximate surface area is 177 Å². The van der Waals surface area contributed by atoms with Crippen LogP contribution in [-0.2, 0) is 9.59 Å². The number of likely N-dealkylation sites (N-methyl/N-ethyl adjacent to an activating group) is 1. The number of carbonyl (C=O) groups is 2. The molecule has 1 unspecified atom stereocenters. The number of thiophene rings is 1. The fourth-order valence-electron chi connectivity index (χ4n) is 3.41. The molecule has 1 aliphatic rings. The third kappa shape index (κ3) is 4.06. The summed E-state index contributed by atoms with van der Waals surface area (Å²) in [7, 11) is 0. The van der Waals surface area contributed by atoms with E-state index >= 15 is 0 Å². The Hall–Kier alpha value is -1.96. The molecule has 1 aromatic carbocycles. The summed E-state index contributed by atoms with van der Waals surface area (Å²) in [5.74, 6) is -1.31. The molecule has 1 aliphatic heterocycles. The lowest BCUT2D eigenvalue weighted by molar-refractivity contribution is -0.140. The molecule has 0 bridgehead atoms. The van der Waals surface area contributed by atoms with Crippen LogP contribution in [0, 0.1) is 0 Å². The molecular formula is C21H23BrN2O3S. The van der Waals surface area contributed by atoms with Crippen LogP contribution in [0.3, 0.4) is 0 Å². The summed E-state index contributed by atoms with van der Waals surface area (Å²) in [4.78, 5) is 30.3. The van der Waals surface area contributed by atoms with Gasteiger partial charge in [0.1, 0.15) is 5.76 Å². The fourth-order valence-corrected chi connectivity index (χ4v) is 4.52. The van der Waals surface area contributed by atoms with Gasteiger partial charge in [-0.15, -0.1) is 11.3 Å². The first kappa shape index (κ1) is 20.8. The predicted molar refractivity (Wildman–Crippen MR) is 115 cm³/mol. The highest BCUT2D eigenvalue weighted by Crippen LogP contribution is 2.40. The Bertz CT molecular complexity index is 874. The minimum absolute atomic E-state index is 0.130. The van der Waals surface area contributed by atoms with Crippen molar-refractivity contribution in [1.29, 1.82) is 0 Å². The molecule has 2 aromatic rings. The normalized spacial score (nSPS) is 19.0. The van der Waals surface area contributed by atoms with Gasteiger partial charge >= 0.3 is 0 Å². The smallest absolute Gasteiger partial charge is 0.295 e. The van der Waals surface area contributed by atoms with Gasteiger partial charge in [-0.25, -0.2) is 0 Å². The second kappa shape index (κ2) is 9.03. The number of carbonyl (C=O) groups excluding carboxylic acids is 2. The Balaban J connectivity index is 2.03. The quantitative estimate of drug-likeness (QED) is 0.379. The van der Waals surface area contributed by atoms with Crippen LogP contribution in [0.2, 0.25) is 0 Å². The van der Waals surface area contributed by atoms with E-state index in [0.29, 0.717) is 18.7 Å². The van der Waals surface area contributed by atoms with E-state index in [1.807, 2.05) is 17.5 Å². The van der Waals surface area contributed by atoms with Crippen molar-refractivity contribution in [2.45, 2.75) is 19.9 Å². The van der Waals surface area contributed by atoms with Crippen molar-refractivity contribution in [3.8, 4) is 0 Å². The minimum atomic E-state index is -0.627. The van der Waals surface area contributed by atoms with Crippen LogP contribution < -0.4 is 0 Å². The van der Waals surface area contributed by atoms with Crippen LogP contribution in [0.25, 0.3) is 5.76 Å². The molecule has 1 saturated heterocycles. The molecule has 1 fully saturated rings. The van der Waals surface area contributed by atoms with E-state index in [9.17, 15) is 14.7 Å². The van der Waals surface area contributed by atoms with Crippen LogP contribution in [0.15, 0.2) is 51.8 Å². The summed E-state index contributed by atoms with van der Waals surface area (Å²) in [5.41, 5.74) is 0.681. The van der Waals surface area contributed by atoms with E-state index in [1.54, 1.807) is 29.2 Å². The summed E-state index contributed by atoms with van der Waals surface area (Å²) in [6.07, 6.45) is 0. The number of halogens is 1. The summed E-state index contributed by atoms with van der Waals surface area (Å²) < 4.78 is 0.874. The average Bonchev–Trinajstić information content (AvgIpc) is 3.31. The van der Waals surface area contributed by atoms with Crippen molar-refractivity contribution < 1.29 is 14.7 Å². The largest absolute Gasteiger partial charge is 0.507 e. The highest BCUT2D eigenvalue weighted by molar-refractivity contribution is 9.10. The maximum absolute atomic E-state index is 12.9. The van der Waals surface area contributed by atoms with Gasteiger partial charge in [-0.2, -0.15) is 0 Å². The van der Waals surface area contributed by atoms with Gasteiger partial charge in [0.15, 0.2) is 0 Å². The monoisotopic (exact) mass is 462 g/mol. The van der Waals surface area contributed by atoms with Crippen LogP contribution in [0.5, 0.6) is 0 Å². The van der Waals surface area contributed by atoms with E-state index in [4.69, 9.17) is 0 Å². The summed E-state index contributed by atoms with van der Waals surface area (Å²) >= 11 is 4.85. The molecule has 0 radical (unpaired) electrons. The number of amides is 1. The van der Waals surface area contributed by atoms with Gasteiger partial charge < -0.3 is 14.9 Å². The van der Waals surface area contributed by atoms with E-state index < -0.39 is 17.7 Å².